The normalized spacial score (nSPS) is 10.3. The van der Waals surface area contributed by atoms with Crippen LogP contribution in [0.15, 0.2) is 52.9 Å². The number of rotatable bonds is 8. The number of nitrogens with zero attached hydrogens (tertiary/aromatic N) is 2. The molecule has 12 heteroatoms. The lowest BCUT2D eigenvalue weighted by molar-refractivity contribution is -0.113. The largest absolute Gasteiger partial charge is 0.462 e. The summed E-state index contributed by atoms with van der Waals surface area (Å²) in [5.74, 6) is -1.25. The molecular weight excluding hydrogens is 457 g/mol. The van der Waals surface area contributed by atoms with Gasteiger partial charge >= 0.3 is 12.0 Å². The van der Waals surface area contributed by atoms with E-state index in [1.165, 1.54) is 24.3 Å². The topological polar surface area (TPSA) is 122 Å². The molecule has 1 heterocycles. The van der Waals surface area contributed by atoms with Crippen molar-refractivity contribution in [2.75, 3.05) is 28.3 Å². The van der Waals surface area contributed by atoms with E-state index < -0.39 is 17.8 Å². The summed E-state index contributed by atoms with van der Waals surface area (Å²) in [6.07, 6.45) is 0. The highest BCUT2D eigenvalue weighted by Gasteiger charge is 2.15. The Morgan fingerprint density at radius 3 is 2.53 bits per heavy atom. The van der Waals surface area contributed by atoms with Crippen LogP contribution >= 0.6 is 23.1 Å². The van der Waals surface area contributed by atoms with Crippen LogP contribution in [0.2, 0.25) is 0 Å². The van der Waals surface area contributed by atoms with Crippen molar-refractivity contribution < 1.29 is 23.5 Å². The second-order valence-corrected chi connectivity index (χ2v) is 8.26. The van der Waals surface area contributed by atoms with Gasteiger partial charge in [-0.2, -0.15) is 0 Å². The van der Waals surface area contributed by atoms with Gasteiger partial charge in [-0.05, 0) is 43.3 Å². The molecule has 0 fully saturated rings. The minimum absolute atomic E-state index is 0.0214. The fourth-order valence-electron chi connectivity index (χ4n) is 2.40. The number of carbonyl (C=O) groups excluding carboxylic acids is 3. The first-order chi connectivity index (χ1) is 15.4. The van der Waals surface area contributed by atoms with E-state index in [1.54, 1.807) is 31.2 Å². The summed E-state index contributed by atoms with van der Waals surface area (Å²) in [5.41, 5.74) is 1.04. The molecule has 3 amide bonds. The van der Waals surface area contributed by atoms with Gasteiger partial charge in [0.1, 0.15) is 5.82 Å². The fraction of sp³-hybridized carbons (Fsp3) is 0.150. The number of benzene rings is 2. The van der Waals surface area contributed by atoms with Crippen molar-refractivity contribution in [1.29, 1.82) is 0 Å². The number of para-hydroxylation sites is 1. The highest BCUT2D eigenvalue weighted by Crippen LogP contribution is 2.26. The Morgan fingerprint density at radius 1 is 1.03 bits per heavy atom. The van der Waals surface area contributed by atoms with E-state index in [0.717, 1.165) is 23.1 Å². The van der Waals surface area contributed by atoms with Crippen molar-refractivity contribution in [3.05, 3.63) is 59.9 Å². The van der Waals surface area contributed by atoms with E-state index in [2.05, 4.69) is 26.1 Å². The molecule has 0 saturated heterocycles. The number of esters is 1. The van der Waals surface area contributed by atoms with Crippen LogP contribution < -0.4 is 16.0 Å². The summed E-state index contributed by atoms with van der Waals surface area (Å²) in [4.78, 5) is 36.3. The summed E-state index contributed by atoms with van der Waals surface area (Å²) in [7, 11) is 0. The molecule has 0 radical (unpaired) electrons. The predicted molar refractivity (Wildman–Crippen MR) is 121 cm³/mol. The molecule has 32 heavy (non-hydrogen) atoms. The van der Waals surface area contributed by atoms with Crippen LogP contribution in [0.4, 0.5) is 25.7 Å². The van der Waals surface area contributed by atoms with Crippen molar-refractivity contribution in [2.24, 2.45) is 0 Å². The van der Waals surface area contributed by atoms with Crippen LogP contribution in [-0.2, 0) is 9.53 Å². The molecule has 0 spiro atoms. The van der Waals surface area contributed by atoms with Crippen molar-refractivity contribution in [3.63, 3.8) is 0 Å². The zero-order valence-electron chi connectivity index (χ0n) is 16.8. The van der Waals surface area contributed by atoms with E-state index in [0.29, 0.717) is 15.7 Å². The Labute approximate surface area is 190 Å². The predicted octanol–water partition coefficient (Wildman–Crippen LogP) is 4.23. The minimum Gasteiger partial charge on any atom is -0.462 e. The molecule has 0 aliphatic carbocycles. The second-order valence-electron chi connectivity index (χ2n) is 6.06. The Kier molecular flexibility index (Phi) is 8.11. The van der Waals surface area contributed by atoms with Crippen molar-refractivity contribution in [1.82, 2.24) is 10.2 Å². The number of amides is 3. The Morgan fingerprint density at radius 2 is 1.78 bits per heavy atom. The first-order valence-electron chi connectivity index (χ1n) is 9.30. The maximum Gasteiger partial charge on any atom is 0.340 e. The van der Waals surface area contributed by atoms with Crippen molar-refractivity contribution in [3.8, 4) is 0 Å². The number of thioether (sulfide) groups is 1. The first kappa shape index (κ1) is 23.2. The van der Waals surface area contributed by atoms with Gasteiger partial charge in [-0.3, -0.25) is 10.1 Å². The van der Waals surface area contributed by atoms with Gasteiger partial charge in [0.05, 0.1) is 23.6 Å². The molecule has 166 valence electrons. The van der Waals surface area contributed by atoms with E-state index in [-0.39, 0.29) is 29.0 Å². The molecule has 0 bridgehead atoms. The second kappa shape index (κ2) is 11.2. The number of aromatic nitrogens is 2. The maximum absolute atomic E-state index is 12.9. The quantitative estimate of drug-likeness (QED) is 0.253. The van der Waals surface area contributed by atoms with Gasteiger partial charge in [-0.1, -0.05) is 35.2 Å². The monoisotopic (exact) mass is 475 g/mol. The molecule has 0 atom stereocenters. The third kappa shape index (κ3) is 6.75. The van der Waals surface area contributed by atoms with E-state index in [9.17, 15) is 18.8 Å². The van der Waals surface area contributed by atoms with Crippen LogP contribution in [0, 0.1) is 5.82 Å². The molecule has 2 aromatic carbocycles. The van der Waals surface area contributed by atoms with E-state index >= 15 is 0 Å². The SMILES string of the molecule is CCOC(=O)c1ccccc1NC(=O)CSc1nnc(NC(=O)Nc2ccc(F)cc2)s1. The first-order valence-corrected chi connectivity index (χ1v) is 11.1. The lowest BCUT2D eigenvalue weighted by Gasteiger charge is -2.09. The number of ether oxygens (including phenoxy) is 1. The zero-order chi connectivity index (χ0) is 22.9. The summed E-state index contributed by atoms with van der Waals surface area (Å²) in [5, 5.41) is 15.8. The molecule has 3 N–H and O–H groups in total. The Balaban J connectivity index is 1.50. The third-order valence-electron chi connectivity index (χ3n) is 3.75. The number of urea groups is 1. The summed E-state index contributed by atoms with van der Waals surface area (Å²) in [6, 6.07) is 11.3. The minimum atomic E-state index is -0.558. The average molecular weight is 476 g/mol. The van der Waals surface area contributed by atoms with E-state index in [1.807, 2.05) is 0 Å². The Bertz CT molecular complexity index is 1110. The van der Waals surface area contributed by atoms with Gasteiger partial charge < -0.3 is 15.4 Å². The average Bonchev–Trinajstić information content (AvgIpc) is 3.21. The standard InChI is InChI=1S/C20H18FN5O4S2/c1-2-30-17(28)14-5-3-4-6-15(14)23-16(27)11-31-20-26-25-19(32-20)24-18(29)22-13-9-7-12(21)8-10-13/h3-10H,2,11H2,1H3,(H,23,27)(H2,22,24,25,29). The number of anilines is 3. The molecule has 9 nitrogen and oxygen atoms in total. The smallest absolute Gasteiger partial charge is 0.340 e. The van der Waals surface area contributed by atoms with Crippen LogP contribution in [0.3, 0.4) is 0 Å². The van der Waals surface area contributed by atoms with Crippen LogP contribution in [0.5, 0.6) is 0 Å². The summed E-state index contributed by atoms with van der Waals surface area (Å²) in [6.45, 7) is 1.93. The Hall–Kier alpha value is -3.51. The number of carbonyl (C=O) groups is 3. The molecule has 0 saturated carbocycles. The lowest BCUT2D eigenvalue weighted by atomic mass is 10.2. The van der Waals surface area contributed by atoms with Crippen LogP contribution in [0.25, 0.3) is 0 Å². The highest BCUT2D eigenvalue weighted by atomic mass is 32.2. The van der Waals surface area contributed by atoms with Crippen LogP contribution in [0.1, 0.15) is 17.3 Å². The lowest BCUT2D eigenvalue weighted by Crippen LogP contribution is -2.19. The van der Waals surface area contributed by atoms with Gasteiger partial charge in [0.15, 0.2) is 4.34 Å². The number of hydrogen-bond donors (Lipinski definition) is 3. The van der Waals surface area contributed by atoms with E-state index in [4.69, 9.17) is 4.74 Å². The molecule has 3 rings (SSSR count). The molecule has 0 aliphatic rings. The highest BCUT2D eigenvalue weighted by molar-refractivity contribution is 8.01. The fourth-order valence-corrected chi connectivity index (χ4v) is 3.95. The zero-order valence-corrected chi connectivity index (χ0v) is 18.4. The molecular formula is C20H18FN5O4S2. The van der Waals surface area contributed by atoms with Crippen molar-refractivity contribution in [2.45, 2.75) is 11.3 Å². The summed E-state index contributed by atoms with van der Waals surface area (Å²) < 4.78 is 18.4. The van der Waals surface area contributed by atoms with Gasteiger partial charge in [-0.25, -0.2) is 14.0 Å². The number of hydrogen-bond acceptors (Lipinski definition) is 8. The molecule has 0 unspecified atom stereocenters. The summed E-state index contributed by atoms with van der Waals surface area (Å²) >= 11 is 2.22. The number of halogens is 1. The maximum atomic E-state index is 12.9. The molecule has 1 aromatic heterocycles. The van der Waals surface area contributed by atoms with Crippen molar-refractivity contribution >= 4 is 57.5 Å². The van der Waals surface area contributed by atoms with Gasteiger partial charge in [0.25, 0.3) is 0 Å². The number of nitrogens with one attached hydrogen (secondary N) is 3. The third-order valence-corrected chi connectivity index (χ3v) is 5.72. The van der Waals surface area contributed by atoms with Gasteiger partial charge in [0.2, 0.25) is 11.0 Å². The molecule has 0 aliphatic heterocycles. The van der Waals surface area contributed by atoms with Crippen LogP contribution in [-0.4, -0.2) is 40.5 Å². The van der Waals surface area contributed by atoms with Gasteiger partial charge in [-0.15, -0.1) is 10.2 Å². The molecule has 3 aromatic rings. The van der Waals surface area contributed by atoms with Gasteiger partial charge in [0, 0.05) is 5.69 Å².